The van der Waals surface area contributed by atoms with Crippen LogP contribution in [0.4, 0.5) is 5.69 Å². The Balaban J connectivity index is 2.64. The zero-order chi connectivity index (χ0) is 9.68. The third-order valence-corrected chi connectivity index (χ3v) is 1.41. The van der Waals surface area contributed by atoms with Crippen molar-refractivity contribution in [3.05, 3.63) is 29.5 Å². The second-order valence-corrected chi connectivity index (χ2v) is 2.40. The molecule has 0 fully saturated rings. The average molecular weight is 181 g/mol. The van der Waals surface area contributed by atoms with Gasteiger partial charge in [-0.15, -0.1) is 5.43 Å². The van der Waals surface area contributed by atoms with E-state index in [0.717, 1.165) is 11.4 Å². The lowest BCUT2D eigenvalue weighted by molar-refractivity contribution is -0.497. The first kappa shape index (κ1) is 9.31. The standard InChI is InChI=1S/C8H11N3O2/c1-11(12)10-9-7-3-5-8(13-2)6-4-7/h3-6,9H,1-2H3. The molecule has 1 aromatic carbocycles. The molecule has 1 aromatic rings. The van der Waals surface area contributed by atoms with E-state index in [0.29, 0.717) is 4.86 Å². The van der Waals surface area contributed by atoms with Crippen molar-refractivity contribution in [1.82, 2.24) is 0 Å². The van der Waals surface area contributed by atoms with Gasteiger partial charge in [0.15, 0.2) is 0 Å². The number of methoxy groups -OCH3 is 1. The number of hydrogen-bond acceptors (Lipinski definition) is 3. The quantitative estimate of drug-likeness (QED) is 0.438. The second-order valence-electron chi connectivity index (χ2n) is 2.40. The van der Waals surface area contributed by atoms with Gasteiger partial charge in [-0.05, 0) is 24.3 Å². The van der Waals surface area contributed by atoms with Crippen LogP contribution in [0.3, 0.4) is 0 Å². The fraction of sp³-hybridized carbons (Fsp3) is 0.250. The van der Waals surface area contributed by atoms with E-state index in [1.807, 2.05) is 0 Å². The van der Waals surface area contributed by atoms with E-state index in [2.05, 4.69) is 10.6 Å². The van der Waals surface area contributed by atoms with Crippen LogP contribution in [0, 0.1) is 5.21 Å². The third-order valence-electron chi connectivity index (χ3n) is 1.41. The highest BCUT2D eigenvalue weighted by molar-refractivity contribution is 5.45. The molecule has 1 rings (SSSR count). The summed E-state index contributed by atoms with van der Waals surface area (Å²) in [5.74, 6) is 0.765. The molecule has 0 heterocycles. The Morgan fingerprint density at radius 1 is 1.38 bits per heavy atom. The van der Waals surface area contributed by atoms with Crippen molar-refractivity contribution in [2.24, 2.45) is 5.22 Å². The SMILES string of the molecule is COc1ccc(NN=[N+](C)[O-])cc1. The Morgan fingerprint density at radius 3 is 2.46 bits per heavy atom. The number of hydroxylamine groups is 1. The molecule has 0 aliphatic heterocycles. The molecule has 0 aliphatic carbocycles. The highest BCUT2D eigenvalue weighted by atomic mass is 16.5. The van der Waals surface area contributed by atoms with Crippen LogP contribution in [0.25, 0.3) is 0 Å². The van der Waals surface area contributed by atoms with Gasteiger partial charge in [0, 0.05) is 0 Å². The Labute approximate surface area is 76.2 Å². The predicted molar refractivity (Wildman–Crippen MR) is 48.6 cm³/mol. The number of benzene rings is 1. The summed E-state index contributed by atoms with van der Waals surface area (Å²) in [5, 5.41) is 13.8. The fourth-order valence-electron chi connectivity index (χ4n) is 0.794. The maximum absolute atomic E-state index is 10.4. The molecule has 0 saturated carbocycles. The number of rotatable bonds is 3. The Kier molecular flexibility index (Phi) is 3.08. The van der Waals surface area contributed by atoms with Gasteiger partial charge in [0.1, 0.15) is 18.5 Å². The largest absolute Gasteiger partial charge is 0.696 e. The van der Waals surface area contributed by atoms with Crippen LogP contribution >= 0.6 is 0 Å². The Hall–Kier alpha value is -1.78. The van der Waals surface area contributed by atoms with Crippen molar-refractivity contribution >= 4 is 5.69 Å². The van der Waals surface area contributed by atoms with Crippen molar-refractivity contribution < 1.29 is 9.60 Å². The van der Waals surface area contributed by atoms with Crippen LogP contribution in [-0.4, -0.2) is 19.0 Å². The molecule has 0 bridgehead atoms. The van der Waals surface area contributed by atoms with Crippen LogP contribution in [-0.2, 0) is 0 Å². The van der Waals surface area contributed by atoms with Crippen molar-refractivity contribution in [1.29, 1.82) is 0 Å². The lowest BCUT2D eigenvalue weighted by Gasteiger charge is -1.99. The summed E-state index contributed by atoms with van der Waals surface area (Å²) in [6.07, 6.45) is 0. The van der Waals surface area contributed by atoms with Crippen LogP contribution in [0.5, 0.6) is 5.75 Å². The average Bonchev–Trinajstić information content (AvgIpc) is 2.15. The first-order chi connectivity index (χ1) is 6.22. The smallest absolute Gasteiger partial charge is 0.147 e. The number of nitrogens with one attached hydrogen (secondary N) is 1. The fourth-order valence-corrected chi connectivity index (χ4v) is 0.794. The van der Waals surface area contributed by atoms with Gasteiger partial charge >= 0.3 is 0 Å². The lowest BCUT2D eigenvalue weighted by Crippen LogP contribution is -1.96. The maximum Gasteiger partial charge on any atom is 0.147 e. The summed E-state index contributed by atoms with van der Waals surface area (Å²) in [6, 6.07) is 7.10. The first-order valence-electron chi connectivity index (χ1n) is 3.74. The summed E-state index contributed by atoms with van der Waals surface area (Å²) in [4.78, 5) is 0.449. The van der Waals surface area contributed by atoms with Crippen molar-refractivity contribution in [2.45, 2.75) is 0 Å². The first-order valence-corrected chi connectivity index (χ1v) is 3.74. The summed E-state index contributed by atoms with van der Waals surface area (Å²) in [5.41, 5.74) is 3.32. The number of nitrogens with zero attached hydrogens (tertiary/aromatic N) is 2. The minimum Gasteiger partial charge on any atom is -0.696 e. The molecule has 0 aromatic heterocycles. The number of hydrogen-bond donors (Lipinski definition) is 1. The highest BCUT2D eigenvalue weighted by Gasteiger charge is 1.95. The van der Waals surface area contributed by atoms with E-state index >= 15 is 0 Å². The minimum absolute atomic E-state index is 0.449. The molecule has 13 heavy (non-hydrogen) atoms. The number of anilines is 1. The molecule has 1 N–H and O–H groups in total. The zero-order valence-corrected chi connectivity index (χ0v) is 7.52. The molecule has 0 atom stereocenters. The topological polar surface area (TPSA) is 59.7 Å². The van der Waals surface area contributed by atoms with Crippen LogP contribution in [0.1, 0.15) is 0 Å². The monoisotopic (exact) mass is 181 g/mol. The summed E-state index contributed by atoms with van der Waals surface area (Å²) < 4.78 is 4.96. The van der Waals surface area contributed by atoms with Crippen LogP contribution in [0.15, 0.2) is 29.5 Å². The Morgan fingerprint density at radius 2 is 2.00 bits per heavy atom. The molecule has 70 valence electrons. The Bertz CT molecular complexity index is 291. The van der Waals surface area contributed by atoms with E-state index in [1.54, 1.807) is 31.4 Å². The second kappa shape index (κ2) is 4.30. The maximum atomic E-state index is 10.4. The van der Waals surface area contributed by atoms with Crippen molar-refractivity contribution in [2.75, 3.05) is 19.6 Å². The molecular formula is C8H11N3O2. The predicted octanol–water partition coefficient (Wildman–Crippen LogP) is 1.61. The third kappa shape index (κ3) is 2.98. The van der Waals surface area contributed by atoms with E-state index in [1.165, 1.54) is 7.05 Å². The zero-order valence-electron chi connectivity index (χ0n) is 7.52. The number of ether oxygens (including phenoxy) is 1. The summed E-state index contributed by atoms with van der Waals surface area (Å²) >= 11 is 0. The normalized spacial score (nSPS) is 11.1. The summed E-state index contributed by atoms with van der Waals surface area (Å²) in [7, 11) is 2.90. The summed E-state index contributed by atoms with van der Waals surface area (Å²) in [6.45, 7) is 0. The highest BCUT2D eigenvalue weighted by Crippen LogP contribution is 2.14. The van der Waals surface area contributed by atoms with Crippen molar-refractivity contribution in [3.8, 4) is 5.75 Å². The van der Waals surface area contributed by atoms with E-state index in [4.69, 9.17) is 4.74 Å². The van der Waals surface area contributed by atoms with Crippen LogP contribution < -0.4 is 10.2 Å². The van der Waals surface area contributed by atoms with Crippen LogP contribution in [0.2, 0.25) is 0 Å². The van der Waals surface area contributed by atoms with Gasteiger partial charge in [0.25, 0.3) is 0 Å². The van der Waals surface area contributed by atoms with Crippen molar-refractivity contribution in [3.63, 3.8) is 0 Å². The van der Waals surface area contributed by atoms with Gasteiger partial charge in [-0.2, -0.15) is 4.86 Å². The van der Waals surface area contributed by atoms with Gasteiger partial charge in [-0.1, -0.05) is 0 Å². The molecule has 0 amide bonds. The van der Waals surface area contributed by atoms with Gasteiger partial charge in [-0.25, -0.2) is 0 Å². The van der Waals surface area contributed by atoms with E-state index in [-0.39, 0.29) is 0 Å². The van der Waals surface area contributed by atoms with Gasteiger partial charge in [-0.3, -0.25) is 0 Å². The molecule has 5 heteroatoms. The minimum atomic E-state index is 0.449. The van der Waals surface area contributed by atoms with Gasteiger partial charge < -0.3 is 9.94 Å². The molecule has 0 aliphatic rings. The van der Waals surface area contributed by atoms with Gasteiger partial charge in [0.05, 0.1) is 12.3 Å². The van der Waals surface area contributed by atoms with Gasteiger partial charge in [0.2, 0.25) is 0 Å². The molecule has 0 saturated heterocycles. The lowest BCUT2D eigenvalue weighted by atomic mass is 10.3. The molecule has 0 radical (unpaired) electrons. The van der Waals surface area contributed by atoms with E-state index in [9.17, 15) is 5.21 Å². The van der Waals surface area contributed by atoms with E-state index < -0.39 is 0 Å². The molecule has 0 spiro atoms. The molecule has 5 nitrogen and oxygen atoms in total. The molecule has 0 unspecified atom stereocenters. The molecular weight excluding hydrogens is 170 g/mol.